The van der Waals surface area contributed by atoms with Gasteiger partial charge in [0.05, 0.1) is 5.71 Å². The number of hydrazone groups is 1. The molecule has 0 aliphatic carbocycles. The van der Waals surface area contributed by atoms with E-state index in [0.29, 0.717) is 17.7 Å². The van der Waals surface area contributed by atoms with E-state index >= 15 is 0 Å². The molecule has 0 unspecified atom stereocenters. The Morgan fingerprint density at radius 1 is 1.15 bits per heavy atom. The summed E-state index contributed by atoms with van der Waals surface area (Å²) >= 11 is 0. The molecule has 134 valence electrons. The highest BCUT2D eigenvalue weighted by Crippen LogP contribution is 2.22. The molecule has 0 aromatic heterocycles. The first-order valence-corrected chi connectivity index (χ1v) is 8.93. The van der Waals surface area contributed by atoms with Crippen LogP contribution in [0.15, 0.2) is 53.6 Å². The summed E-state index contributed by atoms with van der Waals surface area (Å²) in [6, 6.07) is 15.2. The SMILES string of the molecule is CCc1ccc(C(=O)N/N=C(/C)c2cccc(N3CCCC3=O)c2)cc1. The zero-order chi connectivity index (χ0) is 18.5. The van der Waals surface area contributed by atoms with E-state index in [4.69, 9.17) is 0 Å². The summed E-state index contributed by atoms with van der Waals surface area (Å²) in [6.07, 6.45) is 2.43. The molecule has 2 aromatic rings. The molecule has 0 radical (unpaired) electrons. The van der Waals surface area contributed by atoms with Crippen molar-refractivity contribution in [3.63, 3.8) is 0 Å². The van der Waals surface area contributed by atoms with Gasteiger partial charge >= 0.3 is 0 Å². The van der Waals surface area contributed by atoms with E-state index in [1.165, 1.54) is 5.56 Å². The summed E-state index contributed by atoms with van der Waals surface area (Å²) in [5.74, 6) is -0.0848. The minimum absolute atomic E-state index is 0.153. The first-order valence-electron chi connectivity index (χ1n) is 8.93. The van der Waals surface area contributed by atoms with Crippen molar-refractivity contribution in [3.8, 4) is 0 Å². The van der Waals surface area contributed by atoms with Gasteiger partial charge in [0, 0.05) is 24.2 Å². The van der Waals surface area contributed by atoms with Crippen LogP contribution in [0.4, 0.5) is 5.69 Å². The highest BCUT2D eigenvalue weighted by atomic mass is 16.2. The van der Waals surface area contributed by atoms with Gasteiger partial charge < -0.3 is 4.90 Å². The fourth-order valence-corrected chi connectivity index (χ4v) is 2.98. The summed E-state index contributed by atoms with van der Waals surface area (Å²) in [6.45, 7) is 4.67. The quantitative estimate of drug-likeness (QED) is 0.663. The highest BCUT2D eigenvalue weighted by molar-refractivity contribution is 6.02. The number of amides is 2. The van der Waals surface area contributed by atoms with Gasteiger partial charge in [-0.05, 0) is 55.2 Å². The van der Waals surface area contributed by atoms with Crippen molar-refractivity contribution in [1.29, 1.82) is 0 Å². The number of nitrogens with zero attached hydrogens (tertiary/aromatic N) is 2. The van der Waals surface area contributed by atoms with Crippen LogP contribution in [0.1, 0.15) is 48.2 Å². The minimum atomic E-state index is -0.238. The summed E-state index contributed by atoms with van der Waals surface area (Å²) in [5.41, 5.74) is 6.82. The largest absolute Gasteiger partial charge is 0.312 e. The summed E-state index contributed by atoms with van der Waals surface area (Å²) in [7, 11) is 0. The van der Waals surface area contributed by atoms with E-state index in [9.17, 15) is 9.59 Å². The molecule has 26 heavy (non-hydrogen) atoms. The second kappa shape index (κ2) is 7.95. The van der Waals surface area contributed by atoms with Gasteiger partial charge in [-0.2, -0.15) is 5.10 Å². The van der Waals surface area contributed by atoms with Crippen LogP contribution in [0.2, 0.25) is 0 Å². The van der Waals surface area contributed by atoms with Gasteiger partial charge in [-0.15, -0.1) is 0 Å². The Hall–Kier alpha value is -2.95. The zero-order valence-corrected chi connectivity index (χ0v) is 15.2. The van der Waals surface area contributed by atoms with Gasteiger partial charge in [0.15, 0.2) is 0 Å². The van der Waals surface area contributed by atoms with Gasteiger partial charge in [-0.25, -0.2) is 5.43 Å². The normalized spacial score (nSPS) is 14.6. The third kappa shape index (κ3) is 3.99. The van der Waals surface area contributed by atoms with Crippen molar-refractivity contribution in [3.05, 3.63) is 65.2 Å². The lowest BCUT2D eigenvalue weighted by atomic mass is 10.1. The Balaban J connectivity index is 1.70. The Morgan fingerprint density at radius 2 is 1.92 bits per heavy atom. The Kier molecular flexibility index (Phi) is 5.46. The number of carbonyl (C=O) groups is 2. The van der Waals surface area contributed by atoms with Crippen molar-refractivity contribution in [2.45, 2.75) is 33.1 Å². The molecule has 2 aromatic carbocycles. The first-order chi connectivity index (χ1) is 12.6. The molecule has 1 heterocycles. The maximum Gasteiger partial charge on any atom is 0.271 e. The molecule has 0 spiro atoms. The topological polar surface area (TPSA) is 61.8 Å². The van der Waals surface area contributed by atoms with E-state index < -0.39 is 0 Å². The van der Waals surface area contributed by atoms with E-state index in [2.05, 4.69) is 17.5 Å². The Morgan fingerprint density at radius 3 is 2.58 bits per heavy atom. The molecule has 3 rings (SSSR count). The number of nitrogens with one attached hydrogen (secondary N) is 1. The number of rotatable bonds is 5. The molecule has 0 atom stereocenters. The van der Waals surface area contributed by atoms with E-state index in [1.54, 1.807) is 17.0 Å². The molecule has 1 fully saturated rings. The summed E-state index contributed by atoms with van der Waals surface area (Å²) in [4.78, 5) is 25.9. The van der Waals surface area contributed by atoms with Crippen molar-refractivity contribution in [2.75, 3.05) is 11.4 Å². The fourth-order valence-electron chi connectivity index (χ4n) is 2.98. The van der Waals surface area contributed by atoms with Crippen LogP contribution in [0, 0.1) is 0 Å². The lowest BCUT2D eigenvalue weighted by Crippen LogP contribution is -2.24. The molecule has 1 aliphatic heterocycles. The highest BCUT2D eigenvalue weighted by Gasteiger charge is 2.21. The molecule has 0 bridgehead atoms. The van der Waals surface area contributed by atoms with Gasteiger partial charge in [0.1, 0.15) is 0 Å². The van der Waals surface area contributed by atoms with Gasteiger partial charge in [-0.1, -0.05) is 31.2 Å². The number of anilines is 1. The van der Waals surface area contributed by atoms with E-state index in [0.717, 1.165) is 30.6 Å². The number of benzene rings is 2. The molecule has 5 nitrogen and oxygen atoms in total. The summed E-state index contributed by atoms with van der Waals surface area (Å²) < 4.78 is 0. The number of hydrogen-bond acceptors (Lipinski definition) is 3. The van der Waals surface area contributed by atoms with E-state index in [1.807, 2.05) is 43.3 Å². The number of carbonyl (C=O) groups excluding carboxylic acids is 2. The monoisotopic (exact) mass is 349 g/mol. The van der Waals surface area contributed by atoms with Crippen LogP contribution in [-0.4, -0.2) is 24.1 Å². The van der Waals surface area contributed by atoms with E-state index in [-0.39, 0.29) is 11.8 Å². The molecular formula is C21H23N3O2. The predicted molar refractivity (Wildman–Crippen MR) is 104 cm³/mol. The number of aryl methyl sites for hydroxylation is 1. The number of hydrogen-bond donors (Lipinski definition) is 1. The van der Waals surface area contributed by atoms with Crippen molar-refractivity contribution in [2.24, 2.45) is 5.10 Å². The second-order valence-corrected chi connectivity index (χ2v) is 6.39. The van der Waals surface area contributed by atoms with Gasteiger partial charge in [0.2, 0.25) is 5.91 Å². The zero-order valence-electron chi connectivity index (χ0n) is 15.2. The van der Waals surface area contributed by atoms with Crippen LogP contribution in [0.5, 0.6) is 0 Å². The first kappa shape index (κ1) is 17.9. The van der Waals surface area contributed by atoms with Gasteiger partial charge in [0.25, 0.3) is 5.91 Å². The Bertz CT molecular complexity index is 841. The smallest absolute Gasteiger partial charge is 0.271 e. The van der Waals surface area contributed by atoms with Crippen molar-refractivity contribution < 1.29 is 9.59 Å². The fraction of sp³-hybridized carbons (Fsp3) is 0.286. The van der Waals surface area contributed by atoms with Crippen LogP contribution in [0.25, 0.3) is 0 Å². The summed E-state index contributed by atoms with van der Waals surface area (Å²) in [5, 5.41) is 4.21. The third-order valence-electron chi connectivity index (χ3n) is 4.60. The van der Waals surface area contributed by atoms with Crippen LogP contribution >= 0.6 is 0 Å². The molecule has 5 heteroatoms. The maximum absolute atomic E-state index is 12.2. The average Bonchev–Trinajstić information content (AvgIpc) is 3.12. The standard InChI is InChI=1S/C21H23N3O2/c1-3-16-9-11-17(12-10-16)21(26)23-22-15(2)18-6-4-7-19(14-18)24-13-5-8-20(24)25/h4,6-7,9-12,14H,3,5,8,13H2,1-2H3,(H,23,26)/b22-15-. The predicted octanol–water partition coefficient (Wildman–Crippen LogP) is 3.53. The molecule has 1 aliphatic rings. The third-order valence-corrected chi connectivity index (χ3v) is 4.60. The molecule has 2 amide bonds. The maximum atomic E-state index is 12.2. The molecule has 0 saturated carbocycles. The lowest BCUT2D eigenvalue weighted by Gasteiger charge is -2.16. The molecule has 1 N–H and O–H groups in total. The minimum Gasteiger partial charge on any atom is -0.312 e. The van der Waals surface area contributed by atoms with Crippen LogP contribution < -0.4 is 10.3 Å². The Labute approximate surface area is 153 Å². The lowest BCUT2D eigenvalue weighted by molar-refractivity contribution is -0.117. The molecule has 1 saturated heterocycles. The van der Waals surface area contributed by atoms with Crippen molar-refractivity contribution >= 4 is 23.2 Å². The van der Waals surface area contributed by atoms with Gasteiger partial charge in [-0.3, -0.25) is 9.59 Å². The van der Waals surface area contributed by atoms with Crippen LogP contribution in [0.3, 0.4) is 0 Å². The molecular weight excluding hydrogens is 326 g/mol. The average molecular weight is 349 g/mol. The second-order valence-electron chi connectivity index (χ2n) is 6.39. The van der Waals surface area contributed by atoms with Crippen LogP contribution in [-0.2, 0) is 11.2 Å². The van der Waals surface area contributed by atoms with Crippen molar-refractivity contribution in [1.82, 2.24) is 5.43 Å².